The van der Waals surface area contributed by atoms with Crippen LogP contribution in [0.1, 0.15) is 91.9 Å². The highest BCUT2D eigenvalue weighted by Gasteiger charge is 2.20. The molecule has 26 heavy (non-hydrogen) atoms. The van der Waals surface area contributed by atoms with Crippen LogP contribution in [0.2, 0.25) is 0 Å². The Labute approximate surface area is 157 Å². The maximum absolute atomic E-state index is 11.4. The molecule has 0 aromatic rings. The molecule has 6 heteroatoms. The zero-order valence-corrected chi connectivity index (χ0v) is 16.8. The van der Waals surface area contributed by atoms with E-state index in [2.05, 4.69) is 0 Å². The second-order valence-electron chi connectivity index (χ2n) is 6.62. The summed E-state index contributed by atoms with van der Waals surface area (Å²) in [6.07, 6.45) is 5.81. The number of Topliss-reactive ketones (excluding diaryl/α,β-unsaturated/α-hetero) is 2. The third kappa shape index (κ3) is 14.6. The van der Waals surface area contributed by atoms with E-state index < -0.39 is 17.9 Å². The van der Waals surface area contributed by atoms with Crippen LogP contribution in [0, 0.1) is 11.8 Å². The van der Waals surface area contributed by atoms with Gasteiger partial charge in [-0.15, -0.1) is 0 Å². The lowest BCUT2D eigenvalue weighted by atomic mass is 9.93. The average Bonchev–Trinajstić information content (AvgIpc) is 2.54. The van der Waals surface area contributed by atoms with Gasteiger partial charge < -0.3 is 10.2 Å². The van der Waals surface area contributed by atoms with Gasteiger partial charge >= 0.3 is 11.9 Å². The number of carboxylic acid groups (broad SMARTS) is 2. The van der Waals surface area contributed by atoms with E-state index in [4.69, 9.17) is 10.2 Å². The van der Waals surface area contributed by atoms with Crippen LogP contribution in [0.3, 0.4) is 0 Å². The van der Waals surface area contributed by atoms with Crippen LogP contribution in [0.4, 0.5) is 0 Å². The Morgan fingerprint density at radius 3 is 1.58 bits per heavy atom. The number of aliphatic carboxylic acids is 2. The molecule has 152 valence electrons. The van der Waals surface area contributed by atoms with E-state index in [1.807, 2.05) is 27.7 Å². The Bertz CT molecular complexity index is 430. The van der Waals surface area contributed by atoms with Crippen LogP contribution >= 0.6 is 0 Å². The van der Waals surface area contributed by atoms with Gasteiger partial charge in [0.1, 0.15) is 11.6 Å². The van der Waals surface area contributed by atoms with Gasteiger partial charge in [-0.2, -0.15) is 0 Å². The standard InChI is InChI=1S/2C10H18O3/c1-3-5-8(7-10(12)13)9(11)6-4-2;1-3-5-8(10(12)13)7-9(11)6-4-2/h2*8H,3-7H2,1-2H3,(H,12,13)/t2*8-/m01/s1. The number of carbonyl (C=O) groups is 4. The fourth-order valence-electron chi connectivity index (χ4n) is 2.70. The van der Waals surface area contributed by atoms with Gasteiger partial charge in [-0.05, 0) is 25.7 Å². The number of carboxylic acids is 2. The zero-order chi connectivity index (χ0) is 20.5. The number of carbonyl (C=O) groups excluding carboxylic acids is 2. The molecular weight excluding hydrogens is 336 g/mol. The predicted molar refractivity (Wildman–Crippen MR) is 101 cm³/mol. The normalized spacial score (nSPS) is 12.5. The predicted octanol–water partition coefficient (Wildman–Crippen LogP) is 4.49. The Morgan fingerprint density at radius 1 is 0.692 bits per heavy atom. The van der Waals surface area contributed by atoms with Crippen molar-refractivity contribution in [2.45, 2.75) is 91.9 Å². The van der Waals surface area contributed by atoms with Crippen LogP contribution in [0.15, 0.2) is 0 Å². The van der Waals surface area contributed by atoms with Gasteiger partial charge in [0.15, 0.2) is 0 Å². The van der Waals surface area contributed by atoms with Crippen molar-refractivity contribution >= 4 is 23.5 Å². The Hall–Kier alpha value is -1.72. The van der Waals surface area contributed by atoms with Crippen molar-refractivity contribution in [2.24, 2.45) is 11.8 Å². The molecule has 0 fully saturated rings. The summed E-state index contributed by atoms with van der Waals surface area (Å²) >= 11 is 0. The second kappa shape index (κ2) is 16.7. The molecule has 0 amide bonds. The molecule has 0 aliphatic rings. The van der Waals surface area contributed by atoms with Gasteiger partial charge in [-0.3, -0.25) is 19.2 Å². The molecule has 0 aromatic heterocycles. The summed E-state index contributed by atoms with van der Waals surface area (Å²) in [7, 11) is 0. The van der Waals surface area contributed by atoms with Crippen LogP contribution in [0.5, 0.6) is 0 Å². The van der Waals surface area contributed by atoms with Gasteiger partial charge in [0.05, 0.1) is 12.3 Å². The van der Waals surface area contributed by atoms with Crippen molar-refractivity contribution in [3.05, 3.63) is 0 Å². The lowest BCUT2D eigenvalue weighted by Gasteiger charge is -2.11. The van der Waals surface area contributed by atoms with Gasteiger partial charge in [0.2, 0.25) is 0 Å². The lowest BCUT2D eigenvalue weighted by Crippen LogP contribution is -2.17. The first-order valence-electron chi connectivity index (χ1n) is 9.72. The van der Waals surface area contributed by atoms with Crippen LogP contribution < -0.4 is 0 Å². The lowest BCUT2D eigenvalue weighted by molar-refractivity contribution is -0.144. The molecule has 2 N–H and O–H groups in total. The number of rotatable bonds is 14. The molecule has 0 bridgehead atoms. The van der Waals surface area contributed by atoms with Crippen molar-refractivity contribution < 1.29 is 29.4 Å². The number of hydrogen-bond donors (Lipinski definition) is 2. The second-order valence-corrected chi connectivity index (χ2v) is 6.62. The average molecular weight is 373 g/mol. The van der Waals surface area contributed by atoms with E-state index in [9.17, 15) is 19.2 Å². The minimum Gasteiger partial charge on any atom is -0.481 e. The van der Waals surface area contributed by atoms with E-state index in [0.29, 0.717) is 25.7 Å². The minimum absolute atomic E-state index is 0.00727. The Kier molecular flexibility index (Phi) is 17.1. The van der Waals surface area contributed by atoms with Gasteiger partial charge in [0.25, 0.3) is 0 Å². The zero-order valence-electron chi connectivity index (χ0n) is 16.8. The molecule has 0 unspecified atom stereocenters. The number of hydrogen-bond acceptors (Lipinski definition) is 4. The molecule has 0 radical (unpaired) electrons. The summed E-state index contributed by atoms with van der Waals surface area (Å²) in [6, 6.07) is 0. The number of ketones is 2. The smallest absolute Gasteiger partial charge is 0.306 e. The van der Waals surface area contributed by atoms with E-state index in [0.717, 1.165) is 25.7 Å². The molecule has 0 saturated heterocycles. The summed E-state index contributed by atoms with van der Waals surface area (Å²) in [5.41, 5.74) is 0. The fourth-order valence-corrected chi connectivity index (χ4v) is 2.70. The molecule has 0 rings (SSSR count). The van der Waals surface area contributed by atoms with Crippen molar-refractivity contribution in [2.75, 3.05) is 0 Å². The summed E-state index contributed by atoms with van der Waals surface area (Å²) in [6.45, 7) is 7.75. The quantitative estimate of drug-likeness (QED) is 0.465. The molecule has 6 nitrogen and oxygen atoms in total. The van der Waals surface area contributed by atoms with E-state index >= 15 is 0 Å². The van der Waals surface area contributed by atoms with E-state index in [1.54, 1.807) is 0 Å². The van der Waals surface area contributed by atoms with Gasteiger partial charge in [-0.25, -0.2) is 0 Å². The van der Waals surface area contributed by atoms with Crippen molar-refractivity contribution in [3.8, 4) is 0 Å². The highest BCUT2D eigenvalue weighted by atomic mass is 16.4. The maximum atomic E-state index is 11.4. The van der Waals surface area contributed by atoms with Crippen LogP contribution in [-0.4, -0.2) is 33.7 Å². The summed E-state index contributed by atoms with van der Waals surface area (Å²) in [5, 5.41) is 17.3. The maximum Gasteiger partial charge on any atom is 0.306 e. The molecule has 0 aliphatic carbocycles. The van der Waals surface area contributed by atoms with Crippen LogP contribution in [-0.2, 0) is 19.2 Å². The highest BCUT2D eigenvalue weighted by molar-refractivity contribution is 5.85. The fraction of sp³-hybridized carbons (Fsp3) is 0.800. The summed E-state index contributed by atoms with van der Waals surface area (Å²) in [4.78, 5) is 43.7. The topological polar surface area (TPSA) is 109 Å². The van der Waals surface area contributed by atoms with Crippen molar-refractivity contribution in [1.82, 2.24) is 0 Å². The first-order chi connectivity index (χ1) is 12.2. The monoisotopic (exact) mass is 372 g/mol. The SMILES string of the molecule is CCCC(=O)C[C@@H](CCC)C(=O)O.CCCC(=O)[C@@H](CCC)CC(=O)O. The first kappa shape index (κ1) is 26.5. The van der Waals surface area contributed by atoms with Gasteiger partial charge in [0, 0.05) is 25.2 Å². The molecule has 0 spiro atoms. The van der Waals surface area contributed by atoms with E-state index in [1.165, 1.54) is 0 Å². The molecular formula is C20H36O6. The first-order valence-corrected chi connectivity index (χ1v) is 9.72. The molecule has 2 atom stereocenters. The Balaban J connectivity index is 0. The minimum atomic E-state index is -0.872. The third-order valence-corrected chi connectivity index (χ3v) is 4.00. The van der Waals surface area contributed by atoms with Gasteiger partial charge in [-0.1, -0.05) is 40.5 Å². The van der Waals surface area contributed by atoms with Crippen LogP contribution in [0.25, 0.3) is 0 Å². The molecule has 0 aromatic carbocycles. The van der Waals surface area contributed by atoms with Crippen molar-refractivity contribution in [1.29, 1.82) is 0 Å². The molecule has 0 aliphatic heterocycles. The Morgan fingerprint density at radius 2 is 1.19 bits per heavy atom. The summed E-state index contributed by atoms with van der Waals surface area (Å²) < 4.78 is 0. The summed E-state index contributed by atoms with van der Waals surface area (Å²) in [5.74, 6) is -2.27. The largest absolute Gasteiger partial charge is 0.481 e. The third-order valence-electron chi connectivity index (χ3n) is 4.00. The van der Waals surface area contributed by atoms with E-state index in [-0.39, 0.29) is 30.3 Å². The molecule has 0 saturated carbocycles. The van der Waals surface area contributed by atoms with Crippen molar-refractivity contribution in [3.63, 3.8) is 0 Å². The highest BCUT2D eigenvalue weighted by Crippen LogP contribution is 2.15. The molecule has 0 heterocycles.